The summed E-state index contributed by atoms with van der Waals surface area (Å²) in [5, 5.41) is 3.25. The Balaban J connectivity index is 0.000000176. The highest BCUT2D eigenvalue weighted by atomic mass is 35.5. The minimum absolute atomic E-state index is 0.00876. The van der Waals surface area contributed by atoms with Gasteiger partial charge in [-0.05, 0) is 83.9 Å². The van der Waals surface area contributed by atoms with Gasteiger partial charge in [-0.3, -0.25) is 4.72 Å². The number of nitrogens with zero attached hydrogens (tertiary/aromatic N) is 4. The molecule has 10 nitrogen and oxygen atoms in total. The lowest BCUT2D eigenvalue weighted by Gasteiger charge is -2.11. The third-order valence-electron chi connectivity index (χ3n) is 5.58. The van der Waals surface area contributed by atoms with Crippen molar-refractivity contribution in [3.63, 3.8) is 0 Å². The number of anilines is 1. The van der Waals surface area contributed by atoms with E-state index in [1.165, 1.54) is 18.2 Å². The van der Waals surface area contributed by atoms with Gasteiger partial charge in [0, 0.05) is 20.8 Å². The van der Waals surface area contributed by atoms with Crippen molar-refractivity contribution in [3.05, 3.63) is 121 Å². The van der Waals surface area contributed by atoms with Crippen molar-refractivity contribution in [3.8, 4) is 0 Å². The SMILES string of the molecule is Clc1nc(Cl)c2ccccc2n1.NOOSc1ccc(Cl)cc1Cl.O=S(=O)(Nc1nc(Cl)nc2ccccc12)c1ccc(Cl)cc1Cl. The van der Waals surface area contributed by atoms with Gasteiger partial charge in [-0.15, -0.1) is 9.32 Å². The molecule has 0 spiro atoms. The van der Waals surface area contributed by atoms with Crippen LogP contribution >= 0.6 is 93.2 Å². The number of hydrogen-bond acceptors (Lipinski definition) is 10. The van der Waals surface area contributed by atoms with E-state index in [1.807, 2.05) is 24.3 Å². The summed E-state index contributed by atoms with van der Waals surface area (Å²) in [5.74, 6) is 4.72. The molecule has 0 saturated carbocycles. The Hall–Kier alpha value is -2.43. The Morgan fingerprint density at radius 1 is 0.660 bits per heavy atom. The van der Waals surface area contributed by atoms with Gasteiger partial charge in [0.1, 0.15) is 10.0 Å². The van der Waals surface area contributed by atoms with Gasteiger partial charge in [0.25, 0.3) is 10.0 Å². The lowest BCUT2D eigenvalue weighted by molar-refractivity contribution is -0.195. The van der Waals surface area contributed by atoms with Crippen LogP contribution in [0.3, 0.4) is 0 Å². The number of benzene rings is 4. The third-order valence-corrected chi connectivity index (χ3v) is 9.60. The van der Waals surface area contributed by atoms with Crippen molar-refractivity contribution in [1.82, 2.24) is 19.9 Å². The summed E-state index contributed by atoms with van der Waals surface area (Å²) in [6.07, 6.45) is 0. The average Bonchev–Trinajstić information content (AvgIpc) is 3.01. The van der Waals surface area contributed by atoms with E-state index in [0.29, 0.717) is 36.0 Å². The molecular formula is C28H17Cl7N6O4S2. The fourth-order valence-corrected chi connectivity index (χ4v) is 6.92. The highest BCUT2D eigenvalue weighted by Gasteiger charge is 2.20. The smallest absolute Gasteiger partial charge is 0.263 e. The van der Waals surface area contributed by atoms with E-state index < -0.39 is 10.0 Å². The summed E-state index contributed by atoms with van der Waals surface area (Å²) in [7, 11) is -3.96. The second-order valence-corrected chi connectivity index (χ2v) is 13.8. The zero-order chi connectivity index (χ0) is 34.1. The first kappa shape index (κ1) is 37.4. The van der Waals surface area contributed by atoms with Crippen LogP contribution < -0.4 is 10.6 Å². The van der Waals surface area contributed by atoms with Crippen molar-refractivity contribution in [2.45, 2.75) is 9.79 Å². The number of hydrogen-bond donors (Lipinski definition) is 2. The number of fused-ring (bicyclic) bond motifs is 2. The number of aromatic nitrogens is 4. The maximum Gasteiger partial charge on any atom is 0.264 e. The summed E-state index contributed by atoms with van der Waals surface area (Å²) < 4.78 is 31.9. The molecule has 0 fully saturated rings. The topological polar surface area (TPSA) is 142 Å². The van der Waals surface area contributed by atoms with Crippen molar-refractivity contribution >= 4 is 131 Å². The number of rotatable bonds is 6. The lowest BCUT2D eigenvalue weighted by Crippen LogP contribution is -2.15. The molecule has 244 valence electrons. The molecule has 0 aliphatic heterocycles. The Kier molecular flexibility index (Phi) is 13.8. The Morgan fingerprint density at radius 3 is 1.83 bits per heavy atom. The van der Waals surface area contributed by atoms with Crippen LogP contribution in [-0.2, 0) is 19.3 Å². The molecule has 6 rings (SSSR count). The van der Waals surface area contributed by atoms with Crippen molar-refractivity contribution < 1.29 is 17.7 Å². The van der Waals surface area contributed by atoms with E-state index in [-0.39, 0.29) is 26.3 Å². The first-order chi connectivity index (χ1) is 22.4. The lowest BCUT2D eigenvalue weighted by atomic mass is 10.2. The quantitative estimate of drug-likeness (QED) is 0.0549. The van der Waals surface area contributed by atoms with Crippen LogP contribution in [0.4, 0.5) is 5.82 Å². The fraction of sp³-hybridized carbons (Fsp3) is 0. The van der Waals surface area contributed by atoms with E-state index in [0.717, 1.165) is 22.9 Å². The molecule has 4 aromatic carbocycles. The van der Waals surface area contributed by atoms with Crippen molar-refractivity contribution in [1.29, 1.82) is 0 Å². The minimum atomic E-state index is -3.96. The highest BCUT2D eigenvalue weighted by molar-refractivity contribution is 7.94. The average molecular weight is 814 g/mol. The molecule has 2 aromatic heterocycles. The zero-order valence-electron chi connectivity index (χ0n) is 23.0. The summed E-state index contributed by atoms with van der Waals surface area (Å²) in [6.45, 7) is 0. The maximum atomic E-state index is 12.5. The molecule has 0 bridgehead atoms. The van der Waals surface area contributed by atoms with Gasteiger partial charge in [0.05, 0.1) is 38.0 Å². The molecule has 2 heterocycles. The molecule has 0 aliphatic carbocycles. The zero-order valence-corrected chi connectivity index (χ0v) is 30.0. The maximum absolute atomic E-state index is 12.5. The normalized spacial score (nSPS) is 11.0. The van der Waals surface area contributed by atoms with E-state index in [4.69, 9.17) is 81.2 Å². The Labute approximate surface area is 307 Å². The van der Waals surface area contributed by atoms with Crippen LogP contribution in [0.2, 0.25) is 35.8 Å². The number of halogens is 7. The van der Waals surface area contributed by atoms with Gasteiger partial charge in [0.15, 0.2) is 5.82 Å². The molecule has 0 radical (unpaired) electrons. The van der Waals surface area contributed by atoms with Gasteiger partial charge in [-0.25, -0.2) is 23.4 Å². The summed E-state index contributed by atoms with van der Waals surface area (Å²) >= 11 is 41.4. The van der Waals surface area contributed by atoms with Gasteiger partial charge in [0.2, 0.25) is 10.6 Å². The first-order valence-electron chi connectivity index (χ1n) is 12.5. The predicted octanol–water partition coefficient (Wildman–Crippen LogP) is 10.1. The molecular weight excluding hydrogens is 797 g/mol. The third kappa shape index (κ3) is 10.5. The fourth-order valence-electron chi connectivity index (χ4n) is 3.61. The molecule has 0 amide bonds. The van der Waals surface area contributed by atoms with E-state index in [9.17, 15) is 8.42 Å². The number of para-hydroxylation sites is 2. The van der Waals surface area contributed by atoms with Gasteiger partial charge in [-0.2, -0.15) is 10.9 Å². The highest BCUT2D eigenvalue weighted by Crippen LogP contribution is 2.31. The van der Waals surface area contributed by atoms with Crippen molar-refractivity contribution in [2.75, 3.05) is 4.72 Å². The predicted molar refractivity (Wildman–Crippen MR) is 190 cm³/mol. The molecule has 0 unspecified atom stereocenters. The summed E-state index contributed by atoms with van der Waals surface area (Å²) in [4.78, 5) is 20.3. The summed E-state index contributed by atoms with van der Waals surface area (Å²) in [6, 6.07) is 23.5. The first-order valence-corrected chi connectivity index (χ1v) is 17.4. The van der Waals surface area contributed by atoms with E-state index >= 15 is 0 Å². The number of nitrogens with two attached hydrogens (primary N) is 1. The van der Waals surface area contributed by atoms with Gasteiger partial charge in [-0.1, -0.05) is 82.3 Å². The number of nitrogens with one attached hydrogen (secondary N) is 1. The second-order valence-electron chi connectivity index (χ2n) is 8.66. The van der Waals surface area contributed by atoms with Crippen LogP contribution in [-0.4, -0.2) is 28.4 Å². The molecule has 0 atom stereocenters. The van der Waals surface area contributed by atoms with Gasteiger partial charge < -0.3 is 0 Å². The molecule has 47 heavy (non-hydrogen) atoms. The number of sulfonamides is 1. The monoisotopic (exact) mass is 810 g/mol. The van der Waals surface area contributed by atoms with E-state index in [1.54, 1.807) is 42.5 Å². The van der Waals surface area contributed by atoms with Crippen LogP contribution in [0.5, 0.6) is 0 Å². The Bertz CT molecular complexity index is 2150. The largest absolute Gasteiger partial charge is 0.264 e. The van der Waals surface area contributed by atoms with E-state index in [2.05, 4.69) is 39.9 Å². The summed E-state index contributed by atoms with van der Waals surface area (Å²) in [5.41, 5.74) is 1.29. The van der Waals surface area contributed by atoms with Crippen molar-refractivity contribution in [2.24, 2.45) is 5.90 Å². The van der Waals surface area contributed by atoms with Crippen LogP contribution in [0, 0.1) is 0 Å². The standard InChI is InChI=1S/C14H8Cl3N3O2S.C8H4Cl2N2.C6H5Cl2NO2S/c15-8-5-6-12(10(16)7-8)23(21,22)20-13-9-3-1-2-4-11(9)18-14(17)19-13;9-7-5-3-1-2-4-6(5)11-8(10)12-7;7-4-1-2-6(5(8)3-4)12-11-10-9/h1-7H,(H,18,19,20);1-4H;1-3H,9H2. The van der Waals surface area contributed by atoms with Crippen LogP contribution in [0.15, 0.2) is 94.7 Å². The van der Waals surface area contributed by atoms with Crippen LogP contribution in [0.1, 0.15) is 0 Å². The Morgan fingerprint density at radius 2 is 1.21 bits per heavy atom. The molecule has 6 aromatic rings. The van der Waals surface area contributed by atoms with Gasteiger partial charge >= 0.3 is 0 Å². The second kappa shape index (κ2) is 17.3. The molecule has 0 saturated heterocycles. The molecule has 19 heteroatoms. The minimum Gasteiger partial charge on any atom is -0.263 e. The molecule has 3 N–H and O–H groups in total. The molecule has 0 aliphatic rings. The van der Waals surface area contributed by atoms with Crippen LogP contribution in [0.25, 0.3) is 21.8 Å².